The van der Waals surface area contributed by atoms with E-state index in [1.54, 1.807) is 10.4 Å². The van der Waals surface area contributed by atoms with Gasteiger partial charge in [-0.25, -0.2) is 0 Å². The third kappa shape index (κ3) is 2.14. The fraction of sp³-hybridized carbons (Fsp3) is 0.571. The van der Waals surface area contributed by atoms with Gasteiger partial charge in [0.25, 0.3) is 0 Å². The zero-order valence-electron chi connectivity index (χ0n) is 10.3. The Bertz CT molecular complexity index is 412. The Hall–Kier alpha value is -0.800. The van der Waals surface area contributed by atoms with Gasteiger partial charge in [-0.15, -0.1) is 11.3 Å². The van der Waals surface area contributed by atoms with Crippen LogP contribution in [0.5, 0.6) is 0 Å². The maximum atomic E-state index is 5.70. The SMILES string of the molecule is CNC(C1=CCCO1)c1cc2c(s1)CCCC2. The predicted molar refractivity (Wildman–Crippen MR) is 71.4 cm³/mol. The van der Waals surface area contributed by atoms with Crippen LogP contribution in [0.2, 0.25) is 0 Å². The number of hydrogen-bond acceptors (Lipinski definition) is 3. The number of hydrogen-bond donors (Lipinski definition) is 1. The topological polar surface area (TPSA) is 21.3 Å². The van der Waals surface area contributed by atoms with Crippen molar-refractivity contribution in [1.82, 2.24) is 5.32 Å². The molecule has 0 saturated carbocycles. The zero-order valence-corrected chi connectivity index (χ0v) is 11.1. The van der Waals surface area contributed by atoms with Crippen LogP contribution < -0.4 is 5.32 Å². The van der Waals surface area contributed by atoms with Crippen LogP contribution in [-0.2, 0) is 17.6 Å². The lowest BCUT2D eigenvalue weighted by molar-refractivity contribution is 0.219. The molecule has 0 fully saturated rings. The number of nitrogens with one attached hydrogen (secondary N) is 1. The van der Waals surface area contributed by atoms with Crippen molar-refractivity contribution in [3.63, 3.8) is 0 Å². The summed E-state index contributed by atoms with van der Waals surface area (Å²) in [6, 6.07) is 2.66. The molecule has 2 nitrogen and oxygen atoms in total. The lowest BCUT2D eigenvalue weighted by atomic mass is 9.98. The second-order valence-electron chi connectivity index (χ2n) is 4.77. The van der Waals surface area contributed by atoms with Gasteiger partial charge in [-0.05, 0) is 50.4 Å². The number of thiophene rings is 1. The summed E-state index contributed by atoms with van der Waals surface area (Å²) in [5, 5.41) is 3.39. The van der Waals surface area contributed by atoms with E-state index in [1.807, 2.05) is 18.4 Å². The van der Waals surface area contributed by atoms with Crippen molar-refractivity contribution < 1.29 is 4.74 Å². The third-order valence-electron chi connectivity index (χ3n) is 3.61. The highest BCUT2D eigenvalue weighted by atomic mass is 32.1. The van der Waals surface area contributed by atoms with Crippen LogP contribution in [0.1, 0.15) is 40.6 Å². The minimum Gasteiger partial charge on any atom is -0.496 e. The Morgan fingerprint density at radius 1 is 1.35 bits per heavy atom. The van der Waals surface area contributed by atoms with E-state index in [1.165, 1.54) is 30.6 Å². The van der Waals surface area contributed by atoms with Crippen molar-refractivity contribution in [3.8, 4) is 0 Å². The first kappa shape index (κ1) is 11.3. The van der Waals surface area contributed by atoms with Gasteiger partial charge in [0.1, 0.15) is 5.76 Å². The molecule has 0 bridgehead atoms. The van der Waals surface area contributed by atoms with Crippen molar-refractivity contribution >= 4 is 11.3 Å². The summed E-state index contributed by atoms with van der Waals surface area (Å²) >= 11 is 1.97. The van der Waals surface area contributed by atoms with Crippen LogP contribution in [0, 0.1) is 0 Å². The predicted octanol–water partition coefficient (Wildman–Crippen LogP) is 3.19. The van der Waals surface area contributed by atoms with Crippen LogP contribution in [0.3, 0.4) is 0 Å². The van der Waals surface area contributed by atoms with Gasteiger partial charge >= 0.3 is 0 Å². The van der Waals surface area contributed by atoms with E-state index in [0.717, 1.165) is 18.8 Å². The van der Waals surface area contributed by atoms with Crippen molar-refractivity contribution in [2.24, 2.45) is 0 Å². The van der Waals surface area contributed by atoms with E-state index < -0.39 is 0 Å². The number of aryl methyl sites for hydroxylation is 2. The lowest BCUT2D eigenvalue weighted by Gasteiger charge is -2.15. The highest BCUT2D eigenvalue weighted by Gasteiger charge is 2.23. The van der Waals surface area contributed by atoms with E-state index in [-0.39, 0.29) is 6.04 Å². The average Bonchev–Trinajstić information content (AvgIpc) is 2.98. The molecule has 1 aromatic rings. The number of likely N-dealkylation sites (N-methyl/N-ethyl adjacent to an activating group) is 1. The van der Waals surface area contributed by atoms with Crippen LogP contribution in [0.4, 0.5) is 0 Å². The molecule has 0 radical (unpaired) electrons. The minimum absolute atomic E-state index is 0.271. The van der Waals surface area contributed by atoms with Gasteiger partial charge in [-0.1, -0.05) is 0 Å². The van der Waals surface area contributed by atoms with Gasteiger partial charge in [0.15, 0.2) is 0 Å². The molecule has 0 amide bonds. The molecule has 17 heavy (non-hydrogen) atoms. The van der Waals surface area contributed by atoms with E-state index in [4.69, 9.17) is 4.74 Å². The molecule has 1 aliphatic heterocycles. The standard InChI is InChI=1S/C14H19NOS/c1-15-14(11-6-4-8-16-11)13-9-10-5-2-3-7-12(10)17-13/h6,9,14-15H,2-5,7-8H2,1H3. The van der Waals surface area contributed by atoms with Crippen molar-refractivity contribution in [1.29, 1.82) is 0 Å². The molecule has 2 aliphatic rings. The molecule has 1 N–H and O–H groups in total. The molecule has 0 aromatic carbocycles. The molecule has 1 unspecified atom stereocenters. The smallest absolute Gasteiger partial charge is 0.114 e. The van der Waals surface area contributed by atoms with Gasteiger partial charge in [0.2, 0.25) is 0 Å². The first-order chi connectivity index (χ1) is 8.38. The monoisotopic (exact) mass is 249 g/mol. The first-order valence-electron chi connectivity index (χ1n) is 6.50. The summed E-state index contributed by atoms with van der Waals surface area (Å²) in [5.74, 6) is 1.12. The molecule has 3 rings (SSSR count). The summed E-state index contributed by atoms with van der Waals surface area (Å²) in [5.41, 5.74) is 1.58. The van der Waals surface area contributed by atoms with E-state index in [0.29, 0.717) is 0 Å². The molecular formula is C14H19NOS. The Balaban J connectivity index is 1.88. The normalized spacial score (nSPS) is 20.6. The first-order valence-corrected chi connectivity index (χ1v) is 7.31. The summed E-state index contributed by atoms with van der Waals surface area (Å²) < 4.78 is 5.70. The molecule has 1 aromatic heterocycles. The Morgan fingerprint density at radius 3 is 2.94 bits per heavy atom. The Labute approximate surface area is 107 Å². The molecule has 0 saturated heterocycles. The fourth-order valence-corrected chi connectivity index (χ4v) is 4.09. The molecule has 2 heterocycles. The van der Waals surface area contributed by atoms with E-state index in [9.17, 15) is 0 Å². The quantitative estimate of drug-likeness (QED) is 0.888. The summed E-state index contributed by atoms with van der Waals surface area (Å²) in [7, 11) is 2.02. The van der Waals surface area contributed by atoms with E-state index >= 15 is 0 Å². The largest absolute Gasteiger partial charge is 0.496 e. The average molecular weight is 249 g/mol. The van der Waals surface area contributed by atoms with Crippen LogP contribution >= 0.6 is 11.3 Å². The highest BCUT2D eigenvalue weighted by Crippen LogP contribution is 2.36. The zero-order chi connectivity index (χ0) is 11.7. The lowest BCUT2D eigenvalue weighted by Crippen LogP contribution is -2.17. The summed E-state index contributed by atoms with van der Waals surface area (Å²) in [4.78, 5) is 3.03. The Kier molecular flexibility index (Phi) is 3.21. The van der Waals surface area contributed by atoms with E-state index in [2.05, 4.69) is 17.5 Å². The summed E-state index contributed by atoms with van der Waals surface area (Å²) in [6.45, 7) is 0.846. The van der Waals surface area contributed by atoms with Gasteiger partial charge in [-0.2, -0.15) is 0 Å². The maximum absolute atomic E-state index is 5.70. The van der Waals surface area contributed by atoms with Gasteiger partial charge < -0.3 is 10.1 Å². The fourth-order valence-electron chi connectivity index (χ4n) is 2.72. The minimum atomic E-state index is 0.271. The number of fused-ring (bicyclic) bond motifs is 1. The number of ether oxygens (including phenoxy) is 1. The maximum Gasteiger partial charge on any atom is 0.114 e. The van der Waals surface area contributed by atoms with Crippen molar-refractivity contribution in [2.45, 2.75) is 38.1 Å². The van der Waals surface area contributed by atoms with Crippen molar-refractivity contribution in [3.05, 3.63) is 33.2 Å². The van der Waals surface area contributed by atoms with Gasteiger partial charge in [0, 0.05) is 16.2 Å². The highest BCUT2D eigenvalue weighted by molar-refractivity contribution is 7.12. The number of rotatable bonds is 3. The van der Waals surface area contributed by atoms with Crippen LogP contribution in [0.15, 0.2) is 17.9 Å². The van der Waals surface area contributed by atoms with Crippen LogP contribution in [-0.4, -0.2) is 13.7 Å². The molecule has 3 heteroatoms. The van der Waals surface area contributed by atoms with Gasteiger partial charge in [0.05, 0.1) is 12.6 Å². The van der Waals surface area contributed by atoms with Crippen LogP contribution in [0.25, 0.3) is 0 Å². The molecule has 0 spiro atoms. The second kappa shape index (κ2) is 4.83. The van der Waals surface area contributed by atoms with Gasteiger partial charge in [-0.3, -0.25) is 0 Å². The molecular weight excluding hydrogens is 230 g/mol. The van der Waals surface area contributed by atoms with Crippen molar-refractivity contribution in [2.75, 3.05) is 13.7 Å². The molecule has 1 aliphatic carbocycles. The molecule has 92 valence electrons. The summed E-state index contributed by atoms with van der Waals surface area (Å²) in [6.07, 6.45) is 8.53. The molecule has 1 atom stereocenters. The Morgan fingerprint density at radius 2 is 2.24 bits per heavy atom. The third-order valence-corrected chi connectivity index (χ3v) is 4.91. The second-order valence-corrected chi connectivity index (χ2v) is 5.94.